The van der Waals surface area contributed by atoms with Gasteiger partial charge in [-0.25, -0.2) is 4.98 Å². The van der Waals surface area contributed by atoms with Crippen LogP contribution in [-0.2, 0) is 17.8 Å². The van der Waals surface area contributed by atoms with Crippen LogP contribution in [-0.4, -0.2) is 54.0 Å². The maximum absolute atomic E-state index is 12.2. The van der Waals surface area contributed by atoms with Gasteiger partial charge in [0.1, 0.15) is 5.82 Å². The van der Waals surface area contributed by atoms with Gasteiger partial charge in [-0.1, -0.05) is 24.3 Å². The number of carbonyl (C=O) groups excluding carboxylic acids is 1. The lowest BCUT2D eigenvalue weighted by atomic mass is 10.1. The Morgan fingerprint density at radius 1 is 1.14 bits per heavy atom. The highest BCUT2D eigenvalue weighted by Gasteiger charge is 2.15. The number of nitrogens with one attached hydrogen (secondary N) is 2. The van der Waals surface area contributed by atoms with Crippen molar-refractivity contribution >= 4 is 22.6 Å². The second-order valence-electron chi connectivity index (χ2n) is 7.80. The van der Waals surface area contributed by atoms with Gasteiger partial charge in [-0.3, -0.25) is 4.79 Å². The maximum atomic E-state index is 12.2. The zero-order valence-corrected chi connectivity index (χ0v) is 17.0. The van der Waals surface area contributed by atoms with Crippen LogP contribution in [0.15, 0.2) is 48.8 Å². The summed E-state index contributed by atoms with van der Waals surface area (Å²) < 4.78 is 0. The normalized spacial score (nSPS) is 15.0. The molecular weight excluding hydrogens is 362 g/mol. The number of aryl methyl sites for hydroxylation is 1. The van der Waals surface area contributed by atoms with E-state index in [2.05, 4.69) is 68.7 Å². The molecule has 6 heteroatoms. The summed E-state index contributed by atoms with van der Waals surface area (Å²) in [5.74, 6) is 1.11. The molecule has 0 radical (unpaired) electrons. The number of anilines is 1. The molecule has 6 nitrogen and oxygen atoms in total. The molecule has 0 saturated carbocycles. The second kappa shape index (κ2) is 9.09. The standard InChI is InChI=1S/C23H29N5O/c1-27-11-13-28(14-12-27)22-10-9-18(15-25-22)16-26-23(29)8-4-5-19-17-24-21-7-3-2-6-20(19)21/h2-3,6-7,9-10,15,17,24H,4-5,8,11-14,16H2,1H3,(H,26,29). The Hall–Kier alpha value is -2.86. The van der Waals surface area contributed by atoms with Crippen LogP contribution in [0.25, 0.3) is 10.9 Å². The Labute approximate surface area is 171 Å². The van der Waals surface area contributed by atoms with Crippen molar-refractivity contribution in [2.45, 2.75) is 25.8 Å². The van der Waals surface area contributed by atoms with Crippen molar-refractivity contribution < 1.29 is 4.79 Å². The highest BCUT2D eigenvalue weighted by atomic mass is 16.1. The molecule has 1 amide bonds. The molecule has 2 aromatic heterocycles. The fraction of sp³-hybridized carbons (Fsp3) is 0.391. The SMILES string of the molecule is CN1CCN(c2ccc(CNC(=O)CCCc3c[nH]c4ccccc34)cn2)CC1. The third kappa shape index (κ3) is 4.95. The quantitative estimate of drug-likeness (QED) is 0.650. The molecule has 152 valence electrons. The molecule has 1 aliphatic rings. The van der Waals surface area contributed by atoms with Crippen molar-refractivity contribution in [3.8, 4) is 0 Å². The summed E-state index contributed by atoms with van der Waals surface area (Å²) in [5, 5.41) is 4.26. The minimum absolute atomic E-state index is 0.0907. The van der Waals surface area contributed by atoms with E-state index >= 15 is 0 Å². The fourth-order valence-electron chi connectivity index (χ4n) is 3.81. The number of H-pyrrole nitrogens is 1. The van der Waals surface area contributed by atoms with Crippen molar-refractivity contribution in [2.24, 2.45) is 0 Å². The van der Waals surface area contributed by atoms with Gasteiger partial charge in [-0.05, 0) is 43.1 Å². The molecule has 1 aromatic carbocycles. The molecule has 3 aromatic rings. The van der Waals surface area contributed by atoms with Crippen molar-refractivity contribution in [3.63, 3.8) is 0 Å². The number of para-hydroxylation sites is 1. The summed E-state index contributed by atoms with van der Waals surface area (Å²) in [6.07, 6.45) is 6.20. The minimum atomic E-state index is 0.0907. The van der Waals surface area contributed by atoms with Gasteiger partial charge >= 0.3 is 0 Å². The molecule has 1 saturated heterocycles. The average molecular weight is 392 g/mol. The van der Waals surface area contributed by atoms with E-state index in [-0.39, 0.29) is 5.91 Å². The smallest absolute Gasteiger partial charge is 0.220 e. The topological polar surface area (TPSA) is 64.3 Å². The highest BCUT2D eigenvalue weighted by molar-refractivity contribution is 5.83. The Kier molecular flexibility index (Phi) is 6.10. The van der Waals surface area contributed by atoms with Crippen LogP contribution in [0.2, 0.25) is 0 Å². The van der Waals surface area contributed by atoms with Gasteiger partial charge in [0.15, 0.2) is 0 Å². The van der Waals surface area contributed by atoms with Crippen LogP contribution >= 0.6 is 0 Å². The first kappa shape index (κ1) is 19.5. The zero-order chi connectivity index (χ0) is 20.1. The number of hydrogen-bond acceptors (Lipinski definition) is 4. The molecule has 0 aliphatic carbocycles. The summed E-state index contributed by atoms with van der Waals surface area (Å²) in [6.45, 7) is 4.68. The molecule has 1 aliphatic heterocycles. The number of benzene rings is 1. The largest absolute Gasteiger partial charge is 0.361 e. The van der Waals surface area contributed by atoms with E-state index in [1.54, 1.807) is 0 Å². The van der Waals surface area contributed by atoms with Crippen molar-refractivity contribution in [2.75, 3.05) is 38.1 Å². The molecule has 1 fully saturated rings. The Morgan fingerprint density at radius 2 is 1.97 bits per heavy atom. The van der Waals surface area contributed by atoms with Gasteiger partial charge < -0.3 is 20.1 Å². The summed E-state index contributed by atoms with van der Waals surface area (Å²) >= 11 is 0. The van der Waals surface area contributed by atoms with Crippen LogP contribution in [0.4, 0.5) is 5.82 Å². The first-order valence-electron chi connectivity index (χ1n) is 10.4. The van der Waals surface area contributed by atoms with Crippen LogP contribution in [0.1, 0.15) is 24.0 Å². The molecule has 29 heavy (non-hydrogen) atoms. The summed E-state index contributed by atoms with van der Waals surface area (Å²) in [7, 11) is 2.15. The highest BCUT2D eigenvalue weighted by Crippen LogP contribution is 2.19. The van der Waals surface area contributed by atoms with E-state index in [1.807, 2.05) is 12.3 Å². The Balaban J connectivity index is 1.20. The van der Waals surface area contributed by atoms with E-state index in [9.17, 15) is 4.79 Å². The van der Waals surface area contributed by atoms with Gasteiger partial charge in [0.2, 0.25) is 5.91 Å². The third-order valence-electron chi connectivity index (χ3n) is 5.65. The van der Waals surface area contributed by atoms with E-state index in [4.69, 9.17) is 0 Å². The average Bonchev–Trinajstić information content (AvgIpc) is 3.16. The van der Waals surface area contributed by atoms with Crippen molar-refractivity contribution in [1.29, 1.82) is 0 Å². The molecule has 0 atom stereocenters. The third-order valence-corrected chi connectivity index (χ3v) is 5.65. The summed E-state index contributed by atoms with van der Waals surface area (Å²) in [6, 6.07) is 12.4. The molecular formula is C23H29N5O. The van der Waals surface area contributed by atoms with Gasteiger partial charge in [-0.15, -0.1) is 0 Å². The number of aromatic amines is 1. The van der Waals surface area contributed by atoms with Crippen LogP contribution in [0.3, 0.4) is 0 Å². The van der Waals surface area contributed by atoms with E-state index in [0.29, 0.717) is 13.0 Å². The number of nitrogens with zero attached hydrogens (tertiary/aromatic N) is 3. The van der Waals surface area contributed by atoms with Crippen LogP contribution < -0.4 is 10.2 Å². The summed E-state index contributed by atoms with van der Waals surface area (Å²) in [5.41, 5.74) is 3.46. The van der Waals surface area contributed by atoms with E-state index < -0.39 is 0 Å². The number of rotatable bonds is 7. The lowest BCUT2D eigenvalue weighted by molar-refractivity contribution is -0.121. The second-order valence-corrected chi connectivity index (χ2v) is 7.80. The number of aromatic nitrogens is 2. The molecule has 4 rings (SSSR count). The number of amides is 1. The number of fused-ring (bicyclic) bond motifs is 1. The fourth-order valence-corrected chi connectivity index (χ4v) is 3.81. The molecule has 3 heterocycles. The number of hydrogen-bond donors (Lipinski definition) is 2. The number of piperazine rings is 1. The van der Waals surface area contributed by atoms with Crippen molar-refractivity contribution in [1.82, 2.24) is 20.2 Å². The molecule has 0 unspecified atom stereocenters. The molecule has 0 bridgehead atoms. The van der Waals surface area contributed by atoms with Gasteiger partial charge in [0.25, 0.3) is 0 Å². The number of likely N-dealkylation sites (N-methyl/N-ethyl adjacent to an activating group) is 1. The van der Waals surface area contributed by atoms with Gasteiger partial charge in [0.05, 0.1) is 0 Å². The zero-order valence-electron chi connectivity index (χ0n) is 17.0. The monoisotopic (exact) mass is 391 g/mol. The first-order chi connectivity index (χ1) is 14.2. The predicted octanol–water partition coefficient (Wildman–Crippen LogP) is 2.95. The van der Waals surface area contributed by atoms with Crippen LogP contribution in [0.5, 0.6) is 0 Å². The van der Waals surface area contributed by atoms with Gasteiger partial charge in [-0.2, -0.15) is 0 Å². The number of pyridine rings is 1. The number of carbonyl (C=O) groups is 1. The maximum Gasteiger partial charge on any atom is 0.220 e. The molecule has 0 spiro atoms. The first-order valence-corrected chi connectivity index (χ1v) is 10.4. The van der Waals surface area contributed by atoms with E-state index in [1.165, 1.54) is 10.9 Å². The molecule has 2 N–H and O–H groups in total. The Morgan fingerprint density at radius 3 is 2.76 bits per heavy atom. The van der Waals surface area contributed by atoms with E-state index in [0.717, 1.165) is 55.9 Å². The minimum Gasteiger partial charge on any atom is -0.361 e. The lowest BCUT2D eigenvalue weighted by Gasteiger charge is -2.33. The summed E-state index contributed by atoms with van der Waals surface area (Å²) in [4.78, 5) is 24.7. The Bertz CT molecular complexity index is 941. The van der Waals surface area contributed by atoms with Crippen molar-refractivity contribution in [3.05, 3.63) is 59.9 Å². The van der Waals surface area contributed by atoms with Gasteiger partial charge in [0, 0.05) is 62.4 Å². The predicted molar refractivity (Wildman–Crippen MR) is 117 cm³/mol. The lowest BCUT2D eigenvalue weighted by Crippen LogP contribution is -2.44. The van der Waals surface area contributed by atoms with Crippen LogP contribution in [0, 0.1) is 0 Å².